The number of ether oxygens (including phenoxy) is 1. The molecule has 0 aliphatic heterocycles. The summed E-state index contributed by atoms with van der Waals surface area (Å²) in [5.41, 5.74) is 1.53. The van der Waals surface area contributed by atoms with Gasteiger partial charge in [0.15, 0.2) is 0 Å². The number of methoxy groups -OCH3 is 1. The minimum absolute atomic E-state index is 0.0638. The number of furan rings is 1. The largest absolute Gasteiger partial charge is 0.497 e. The fourth-order valence-corrected chi connectivity index (χ4v) is 1.76. The van der Waals surface area contributed by atoms with Crippen molar-refractivity contribution in [2.75, 3.05) is 20.3 Å². The molecule has 0 unspecified atom stereocenters. The molecule has 0 saturated heterocycles. The summed E-state index contributed by atoms with van der Waals surface area (Å²) < 4.78 is 10.5. The predicted molar refractivity (Wildman–Crippen MR) is 66.6 cm³/mol. The molecule has 18 heavy (non-hydrogen) atoms. The molecule has 0 aliphatic carbocycles. The average molecular weight is 249 g/mol. The molecule has 0 saturated carbocycles. The Morgan fingerprint density at radius 1 is 1.50 bits per heavy atom. The number of carbonyl (C=O) groups excluding carboxylic acids is 1. The van der Waals surface area contributed by atoms with Gasteiger partial charge in [-0.05, 0) is 18.2 Å². The lowest BCUT2D eigenvalue weighted by Crippen LogP contribution is -2.27. The quantitative estimate of drug-likeness (QED) is 0.832. The molecule has 5 nitrogen and oxygen atoms in total. The van der Waals surface area contributed by atoms with Crippen LogP contribution in [-0.4, -0.2) is 31.3 Å². The highest BCUT2D eigenvalue weighted by Crippen LogP contribution is 2.25. The first-order valence-corrected chi connectivity index (χ1v) is 5.66. The first kappa shape index (κ1) is 12.4. The van der Waals surface area contributed by atoms with Gasteiger partial charge in [0.2, 0.25) is 5.91 Å². The minimum Gasteiger partial charge on any atom is -0.497 e. The molecule has 2 rings (SSSR count). The van der Waals surface area contributed by atoms with Crippen molar-refractivity contribution in [1.29, 1.82) is 0 Å². The highest BCUT2D eigenvalue weighted by atomic mass is 16.5. The zero-order valence-electron chi connectivity index (χ0n) is 10.1. The highest BCUT2D eigenvalue weighted by molar-refractivity contribution is 5.88. The lowest BCUT2D eigenvalue weighted by molar-refractivity contribution is -0.120. The Bertz CT molecular complexity index is 547. The Morgan fingerprint density at radius 3 is 3.06 bits per heavy atom. The number of aliphatic hydroxyl groups is 1. The van der Waals surface area contributed by atoms with Crippen molar-refractivity contribution in [3.63, 3.8) is 0 Å². The summed E-state index contributed by atoms with van der Waals surface area (Å²) in [6.45, 7) is 0.198. The Kier molecular flexibility index (Phi) is 3.84. The second-order valence-corrected chi connectivity index (χ2v) is 3.87. The lowest BCUT2D eigenvalue weighted by Gasteiger charge is -2.02. The van der Waals surface area contributed by atoms with E-state index >= 15 is 0 Å². The molecule has 96 valence electrons. The number of hydrogen-bond acceptors (Lipinski definition) is 4. The Labute approximate surface area is 104 Å². The predicted octanol–water partition coefficient (Wildman–Crippen LogP) is 1.09. The van der Waals surface area contributed by atoms with Gasteiger partial charge in [-0.3, -0.25) is 4.79 Å². The minimum atomic E-state index is -0.144. The van der Waals surface area contributed by atoms with E-state index in [1.165, 1.54) is 0 Å². The van der Waals surface area contributed by atoms with Crippen LogP contribution in [0.3, 0.4) is 0 Å². The molecule has 1 aromatic carbocycles. The average Bonchev–Trinajstić information content (AvgIpc) is 2.78. The number of carbonyl (C=O) groups is 1. The van der Waals surface area contributed by atoms with Crippen molar-refractivity contribution in [1.82, 2.24) is 5.32 Å². The van der Waals surface area contributed by atoms with Gasteiger partial charge in [0, 0.05) is 17.5 Å². The Hall–Kier alpha value is -2.01. The molecule has 1 amide bonds. The summed E-state index contributed by atoms with van der Waals surface area (Å²) in [4.78, 5) is 11.6. The van der Waals surface area contributed by atoms with Gasteiger partial charge < -0.3 is 19.6 Å². The van der Waals surface area contributed by atoms with Crippen LogP contribution in [0.4, 0.5) is 0 Å². The van der Waals surface area contributed by atoms with Crippen LogP contribution in [0.15, 0.2) is 28.9 Å². The van der Waals surface area contributed by atoms with Crippen LogP contribution < -0.4 is 10.1 Å². The molecule has 0 spiro atoms. The zero-order chi connectivity index (χ0) is 13.0. The van der Waals surface area contributed by atoms with E-state index in [9.17, 15) is 4.79 Å². The molecule has 0 atom stereocenters. The van der Waals surface area contributed by atoms with Crippen molar-refractivity contribution in [3.8, 4) is 5.75 Å². The summed E-state index contributed by atoms with van der Waals surface area (Å²) in [7, 11) is 1.59. The maximum absolute atomic E-state index is 11.6. The van der Waals surface area contributed by atoms with E-state index in [-0.39, 0.29) is 25.5 Å². The van der Waals surface area contributed by atoms with E-state index < -0.39 is 0 Å². The van der Waals surface area contributed by atoms with E-state index in [1.807, 2.05) is 12.1 Å². The fourth-order valence-electron chi connectivity index (χ4n) is 1.76. The third kappa shape index (κ3) is 2.62. The third-order valence-electron chi connectivity index (χ3n) is 2.65. The van der Waals surface area contributed by atoms with E-state index in [0.717, 1.165) is 22.3 Å². The third-order valence-corrected chi connectivity index (χ3v) is 2.65. The fraction of sp³-hybridized carbons (Fsp3) is 0.308. The molecule has 0 bridgehead atoms. The highest BCUT2D eigenvalue weighted by Gasteiger charge is 2.10. The monoisotopic (exact) mass is 249 g/mol. The second kappa shape index (κ2) is 5.55. The van der Waals surface area contributed by atoms with Crippen LogP contribution in [0.1, 0.15) is 5.56 Å². The van der Waals surface area contributed by atoms with Crippen LogP contribution in [0.25, 0.3) is 11.0 Å². The SMILES string of the molecule is COc1ccc2occ(CC(=O)NCCO)c2c1. The van der Waals surface area contributed by atoms with Gasteiger partial charge in [0.25, 0.3) is 0 Å². The molecule has 1 heterocycles. The van der Waals surface area contributed by atoms with Crippen molar-refractivity contribution >= 4 is 16.9 Å². The Balaban J connectivity index is 2.20. The number of nitrogens with one attached hydrogen (secondary N) is 1. The molecule has 0 fully saturated rings. The summed E-state index contributed by atoms with van der Waals surface area (Å²) >= 11 is 0. The van der Waals surface area contributed by atoms with E-state index in [2.05, 4.69) is 5.32 Å². The van der Waals surface area contributed by atoms with Crippen LogP contribution in [0, 0.1) is 0 Å². The van der Waals surface area contributed by atoms with Crippen molar-refractivity contribution in [2.24, 2.45) is 0 Å². The first-order valence-electron chi connectivity index (χ1n) is 5.66. The zero-order valence-corrected chi connectivity index (χ0v) is 10.1. The van der Waals surface area contributed by atoms with Crippen LogP contribution >= 0.6 is 0 Å². The smallest absolute Gasteiger partial charge is 0.224 e. The van der Waals surface area contributed by atoms with Gasteiger partial charge in [0.1, 0.15) is 11.3 Å². The summed E-state index contributed by atoms with van der Waals surface area (Å²) in [5, 5.41) is 12.1. The van der Waals surface area contributed by atoms with E-state index in [0.29, 0.717) is 0 Å². The topological polar surface area (TPSA) is 71.7 Å². The van der Waals surface area contributed by atoms with Gasteiger partial charge in [-0.15, -0.1) is 0 Å². The number of amides is 1. The molecule has 1 aromatic heterocycles. The van der Waals surface area contributed by atoms with Crippen molar-refractivity contribution in [3.05, 3.63) is 30.0 Å². The lowest BCUT2D eigenvalue weighted by atomic mass is 10.1. The molecule has 2 N–H and O–H groups in total. The van der Waals surface area contributed by atoms with Crippen LogP contribution in [-0.2, 0) is 11.2 Å². The van der Waals surface area contributed by atoms with E-state index in [4.69, 9.17) is 14.3 Å². The summed E-state index contributed by atoms with van der Waals surface area (Å²) in [5.74, 6) is 0.579. The summed E-state index contributed by atoms with van der Waals surface area (Å²) in [6.07, 6.45) is 1.79. The maximum atomic E-state index is 11.6. The van der Waals surface area contributed by atoms with Gasteiger partial charge in [-0.2, -0.15) is 0 Å². The molecule has 2 aromatic rings. The van der Waals surface area contributed by atoms with Gasteiger partial charge in [-0.1, -0.05) is 0 Å². The van der Waals surface area contributed by atoms with Crippen LogP contribution in [0.5, 0.6) is 5.75 Å². The number of benzene rings is 1. The molecular weight excluding hydrogens is 234 g/mol. The van der Waals surface area contributed by atoms with Crippen molar-refractivity contribution in [2.45, 2.75) is 6.42 Å². The number of aliphatic hydroxyl groups excluding tert-OH is 1. The number of fused-ring (bicyclic) bond motifs is 1. The number of hydrogen-bond donors (Lipinski definition) is 2. The number of rotatable bonds is 5. The molecule has 5 heteroatoms. The molecular formula is C13H15NO4. The maximum Gasteiger partial charge on any atom is 0.224 e. The van der Waals surface area contributed by atoms with Crippen LogP contribution in [0.2, 0.25) is 0 Å². The summed E-state index contributed by atoms with van der Waals surface area (Å²) in [6, 6.07) is 5.46. The first-order chi connectivity index (χ1) is 8.74. The van der Waals surface area contributed by atoms with Gasteiger partial charge in [0.05, 0.1) is 26.4 Å². The normalized spacial score (nSPS) is 10.6. The van der Waals surface area contributed by atoms with Gasteiger partial charge >= 0.3 is 0 Å². The second-order valence-electron chi connectivity index (χ2n) is 3.87. The molecule has 0 radical (unpaired) electrons. The Morgan fingerprint density at radius 2 is 2.33 bits per heavy atom. The van der Waals surface area contributed by atoms with Gasteiger partial charge in [-0.25, -0.2) is 0 Å². The molecule has 0 aliphatic rings. The standard InChI is InChI=1S/C13H15NO4/c1-17-10-2-3-12-11(7-10)9(8-18-12)6-13(16)14-4-5-15/h2-3,7-8,15H,4-6H2,1H3,(H,14,16). The van der Waals surface area contributed by atoms with E-state index in [1.54, 1.807) is 19.4 Å². The van der Waals surface area contributed by atoms with Crippen molar-refractivity contribution < 1.29 is 19.1 Å².